The number of hydrogen-bond acceptors (Lipinski definition) is 2. The largest absolute Gasteiger partial charge is 0.492 e. The Labute approximate surface area is 133 Å². The van der Waals surface area contributed by atoms with Gasteiger partial charge in [-0.2, -0.15) is 0 Å². The van der Waals surface area contributed by atoms with Crippen molar-refractivity contribution in [2.24, 2.45) is 0 Å². The molecule has 0 heterocycles. The summed E-state index contributed by atoms with van der Waals surface area (Å²) in [7, 11) is 0. The number of hydrogen-bond donors (Lipinski definition) is 1. The van der Waals surface area contributed by atoms with Crippen molar-refractivity contribution < 1.29 is 4.74 Å². The first kappa shape index (κ1) is 15.4. The van der Waals surface area contributed by atoms with Crippen LogP contribution in [0.4, 0.5) is 0 Å². The summed E-state index contributed by atoms with van der Waals surface area (Å²) in [6.45, 7) is 3.55. The van der Waals surface area contributed by atoms with Crippen LogP contribution in [0, 0.1) is 0 Å². The van der Waals surface area contributed by atoms with Crippen molar-refractivity contribution in [2.45, 2.75) is 13.0 Å². The highest BCUT2D eigenvalue weighted by molar-refractivity contribution is 9.10. The van der Waals surface area contributed by atoms with Gasteiger partial charge >= 0.3 is 0 Å². The second kappa shape index (κ2) is 7.67. The second-order valence-corrected chi connectivity index (χ2v) is 5.89. The normalized spacial score (nSPS) is 12.2. The van der Waals surface area contributed by atoms with Crippen LogP contribution in [0.5, 0.6) is 5.75 Å². The van der Waals surface area contributed by atoms with Crippen LogP contribution >= 0.6 is 27.5 Å². The third-order valence-electron chi connectivity index (χ3n) is 2.99. The van der Waals surface area contributed by atoms with Crippen molar-refractivity contribution in [1.82, 2.24) is 5.32 Å². The molecule has 0 radical (unpaired) electrons. The first-order chi connectivity index (χ1) is 9.65. The molecule has 0 saturated heterocycles. The highest BCUT2D eigenvalue weighted by Crippen LogP contribution is 2.18. The molecule has 0 spiro atoms. The van der Waals surface area contributed by atoms with E-state index in [1.165, 1.54) is 5.56 Å². The molecule has 0 bridgehead atoms. The van der Waals surface area contributed by atoms with Gasteiger partial charge in [-0.15, -0.1) is 0 Å². The SMILES string of the molecule is CC(NCCOc1cccc(Br)c1)c1ccc(Cl)cc1. The lowest BCUT2D eigenvalue weighted by atomic mass is 10.1. The fourth-order valence-electron chi connectivity index (χ4n) is 1.87. The molecule has 1 N–H and O–H groups in total. The summed E-state index contributed by atoms with van der Waals surface area (Å²) >= 11 is 9.30. The van der Waals surface area contributed by atoms with Crippen molar-refractivity contribution >= 4 is 27.5 Å². The molecule has 0 amide bonds. The van der Waals surface area contributed by atoms with Gasteiger partial charge in [0, 0.05) is 22.1 Å². The molecule has 1 unspecified atom stereocenters. The summed E-state index contributed by atoms with van der Waals surface area (Å²) in [5.41, 5.74) is 1.22. The summed E-state index contributed by atoms with van der Waals surface area (Å²) < 4.78 is 6.70. The summed E-state index contributed by atoms with van der Waals surface area (Å²) in [6, 6.07) is 16.0. The minimum Gasteiger partial charge on any atom is -0.492 e. The lowest BCUT2D eigenvalue weighted by Gasteiger charge is -2.14. The number of benzene rings is 2. The molecule has 0 saturated carbocycles. The summed E-state index contributed by atoms with van der Waals surface area (Å²) in [6.07, 6.45) is 0. The Bertz CT molecular complexity index is 544. The fourth-order valence-corrected chi connectivity index (χ4v) is 2.37. The van der Waals surface area contributed by atoms with Gasteiger partial charge in [-0.1, -0.05) is 45.7 Å². The van der Waals surface area contributed by atoms with Crippen LogP contribution in [-0.4, -0.2) is 13.2 Å². The van der Waals surface area contributed by atoms with Gasteiger partial charge in [0.25, 0.3) is 0 Å². The van der Waals surface area contributed by atoms with Crippen molar-refractivity contribution in [3.8, 4) is 5.75 Å². The van der Waals surface area contributed by atoms with Gasteiger partial charge in [-0.3, -0.25) is 0 Å². The Morgan fingerprint density at radius 1 is 1.20 bits per heavy atom. The Morgan fingerprint density at radius 2 is 1.95 bits per heavy atom. The van der Waals surface area contributed by atoms with E-state index < -0.39 is 0 Å². The van der Waals surface area contributed by atoms with Gasteiger partial charge in [0.05, 0.1) is 0 Å². The molecule has 2 aromatic rings. The zero-order valence-corrected chi connectivity index (χ0v) is 13.6. The predicted molar refractivity (Wildman–Crippen MR) is 87.5 cm³/mol. The van der Waals surface area contributed by atoms with Crippen molar-refractivity contribution in [1.29, 1.82) is 0 Å². The molecule has 20 heavy (non-hydrogen) atoms. The Hall–Kier alpha value is -1.03. The zero-order chi connectivity index (χ0) is 14.4. The average molecular weight is 355 g/mol. The molecule has 106 valence electrons. The Morgan fingerprint density at radius 3 is 2.65 bits per heavy atom. The summed E-state index contributed by atoms with van der Waals surface area (Å²) in [5.74, 6) is 0.875. The minimum absolute atomic E-state index is 0.276. The maximum absolute atomic E-state index is 5.88. The molecule has 1 atom stereocenters. The van der Waals surface area contributed by atoms with Crippen LogP contribution < -0.4 is 10.1 Å². The van der Waals surface area contributed by atoms with E-state index in [1.54, 1.807) is 0 Å². The maximum Gasteiger partial charge on any atom is 0.120 e. The van der Waals surface area contributed by atoms with E-state index >= 15 is 0 Å². The standard InChI is InChI=1S/C16H17BrClNO/c1-12(13-5-7-15(18)8-6-13)19-9-10-20-16-4-2-3-14(17)11-16/h2-8,11-12,19H,9-10H2,1H3. The monoisotopic (exact) mass is 353 g/mol. The van der Waals surface area contributed by atoms with Crippen molar-refractivity contribution in [3.05, 3.63) is 63.6 Å². The highest BCUT2D eigenvalue weighted by atomic mass is 79.9. The van der Waals surface area contributed by atoms with Gasteiger partial charge in [0.15, 0.2) is 0 Å². The van der Waals surface area contributed by atoms with Crippen LogP contribution in [0.15, 0.2) is 53.0 Å². The molecule has 2 rings (SSSR count). The third kappa shape index (κ3) is 4.82. The van der Waals surface area contributed by atoms with Crippen molar-refractivity contribution in [2.75, 3.05) is 13.2 Å². The van der Waals surface area contributed by atoms with Gasteiger partial charge in [-0.05, 0) is 42.8 Å². The van der Waals surface area contributed by atoms with Gasteiger partial charge in [-0.25, -0.2) is 0 Å². The predicted octanol–water partition coefficient (Wildman–Crippen LogP) is 4.83. The lowest BCUT2D eigenvalue weighted by Crippen LogP contribution is -2.24. The van der Waals surface area contributed by atoms with Crippen LogP contribution in [0.25, 0.3) is 0 Å². The first-order valence-corrected chi connectivity index (χ1v) is 7.69. The van der Waals surface area contributed by atoms with Gasteiger partial charge in [0.2, 0.25) is 0 Å². The van der Waals surface area contributed by atoms with E-state index in [2.05, 4.69) is 28.2 Å². The molecule has 0 aromatic heterocycles. The second-order valence-electron chi connectivity index (χ2n) is 4.53. The van der Waals surface area contributed by atoms with Crippen LogP contribution in [0.3, 0.4) is 0 Å². The number of halogens is 2. The molecule has 0 aliphatic rings. The van der Waals surface area contributed by atoms with Gasteiger partial charge < -0.3 is 10.1 Å². The Kier molecular flexibility index (Phi) is 5.89. The summed E-state index contributed by atoms with van der Waals surface area (Å²) in [4.78, 5) is 0. The first-order valence-electron chi connectivity index (χ1n) is 6.52. The van der Waals surface area contributed by atoms with Crippen LogP contribution in [-0.2, 0) is 0 Å². The molecular weight excluding hydrogens is 338 g/mol. The quantitative estimate of drug-likeness (QED) is 0.750. The summed E-state index contributed by atoms with van der Waals surface area (Å²) in [5, 5.41) is 4.19. The molecule has 4 heteroatoms. The molecule has 0 aliphatic heterocycles. The minimum atomic E-state index is 0.276. The molecule has 0 aliphatic carbocycles. The topological polar surface area (TPSA) is 21.3 Å². The number of nitrogens with one attached hydrogen (secondary N) is 1. The Balaban J connectivity index is 1.74. The molecule has 2 aromatic carbocycles. The van der Waals surface area contributed by atoms with Crippen LogP contribution in [0.2, 0.25) is 5.02 Å². The van der Waals surface area contributed by atoms with Crippen molar-refractivity contribution in [3.63, 3.8) is 0 Å². The molecule has 2 nitrogen and oxygen atoms in total. The van der Waals surface area contributed by atoms with Crippen LogP contribution in [0.1, 0.15) is 18.5 Å². The molecular formula is C16H17BrClNO. The van der Waals surface area contributed by atoms with E-state index in [1.807, 2.05) is 48.5 Å². The van der Waals surface area contributed by atoms with E-state index in [4.69, 9.17) is 16.3 Å². The third-order valence-corrected chi connectivity index (χ3v) is 3.73. The van der Waals surface area contributed by atoms with E-state index in [-0.39, 0.29) is 6.04 Å². The van der Waals surface area contributed by atoms with Gasteiger partial charge in [0.1, 0.15) is 12.4 Å². The number of ether oxygens (including phenoxy) is 1. The number of rotatable bonds is 6. The lowest BCUT2D eigenvalue weighted by molar-refractivity contribution is 0.307. The van der Waals surface area contributed by atoms with E-state index in [0.717, 1.165) is 21.8 Å². The highest BCUT2D eigenvalue weighted by Gasteiger charge is 2.04. The zero-order valence-electron chi connectivity index (χ0n) is 11.3. The smallest absolute Gasteiger partial charge is 0.120 e. The average Bonchev–Trinajstić information content (AvgIpc) is 2.44. The molecule has 0 fully saturated rings. The fraction of sp³-hybridized carbons (Fsp3) is 0.250. The van der Waals surface area contributed by atoms with E-state index in [9.17, 15) is 0 Å². The van der Waals surface area contributed by atoms with E-state index in [0.29, 0.717) is 6.61 Å². The maximum atomic E-state index is 5.88.